The Bertz CT molecular complexity index is 1350. The highest BCUT2D eigenvalue weighted by Crippen LogP contribution is 2.38. The van der Waals surface area contributed by atoms with Gasteiger partial charge in [-0.1, -0.05) is 42.5 Å². The van der Waals surface area contributed by atoms with Crippen molar-refractivity contribution in [1.82, 2.24) is 9.97 Å². The second-order valence-corrected chi connectivity index (χ2v) is 8.10. The van der Waals surface area contributed by atoms with Crippen molar-refractivity contribution >= 4 is 40.5 Å². The Morgan fingerprint density at radius 3 is 2.56 bits per heavy atom. The molecule has 2 N–H and O–H groups in total. The summed E-state index contributed by atoms with van der Waals surface area (Å²) < 4.78 is 11.1. The van der Waals surface area contributed by atoms with E-state index in [4.69, 9.17) is 9.47 Å². The monoisotopic (exact) mass is 477 g/mol. The first-order chi connectivity index (χ1) is 16.4. The van der Waals surface area contributed by atoms with Gasteiger partial charge in [0.1, 0.15) is 11.5 Å². The van der Waals surface area contributed by atoms with Gasteiger partial charge in [0.2, 0.25) is 0 Å². The molecule has 0 radical (unpaired) electrons. The van der Waals surface area contributed by atoms with E-state index < -0.39 is 10.9 Å². The van der Waals surface area contributed by atoms with Crippen LogP contribution in [-0.4, -0.2) is 33.1 Å². The molecule has 3 aromatic carbocycles. The molecule has 4 aromatic rings. The van der Waals surface area contributed by atoms with Crippen molar-refractivity contribution in [2.24, 2.45) is 0 Å². The van der Waals surface area contributed by atoms with Crippen LogP contribution in [0.4, 0.5) is 5.69 Å². The van der Waals surface area contributed by atoms with Crippen LogP contribution in [0.1, 0.15) is 11.1 Å². The van der Waals surface area contributed by atoms with Crippen LogP contribution in [0.25, 0.3) is 17.1 Å². The third-order valence-electron chi connectivity index (χ3n) is 4.82. The van der Waals surface area contributed by atoms with E-state index in [9.17, 15) is 20.0 Å². The number of nitro benzene ring substituents is 1. The molecule has 0 amide bonds. The number of nitro groups is 1. The number of benzene rings is 3. The fraction of sp³-hybridized carbons (Fsp3) is 0.0833. The summed E-state index contributed by atoms with van der Waals surface area (Å²) in [6.45, 7) is 0.186. The van der Waals surface area contributed by atoms with Gasteiger partial charge in [-0.3, -0.25) is 10.1 Å². The van der Waals surface area contributed by atoms with Gasteiger partial charge in [0.15, 0.2) is 16.7 Å². The number of aromatic amines is 1. The molecule has 9 nitrogen and oxygen atoms in total. The number of H-pyrrole nitrogens is 1. The summed E-state index contributed by atoms with van der Waals surface area (Å²) in [7, 11) is 1.41. The largest absolute Gasteiger partial charge is 0.493 e. The van der Waals surface area contributed by atoms with Crippen molar-refractivity contribution in [1.29, 1.82) is 0 Å². The second-order valence-electron chi connectivity index (χ2n) is 7.07. The van der Waals surface area contributed by atoms with E-state index in [0.29, 0.717) is 10.7 Å². The quantitative estimate of drug-likeness (QED) is 0.144. The van der Waals surface area contributed by atoms with Gasteiger partial charge in [-0.25, -0.2) is 9.78 Å². The number of nitrogens with one attached hydrogen (secondary N) is 1. The molecule has 0 aliphatic rings. The van der Waals surface area contributed by atoms with Crippen LogP contribution in [0, 0.1) is 10.1 Å². The Morgan fingerprint density at radius 2 is 1.88 bits per heavy atom. The molecule has 0 saturated carbocycles. The third kappa shape index (κ3) is 5.18. The predicted molar refractivity (Wildman–Crippen MR) is 128 cm³/mol. The smallest absolute Gasteiger partial charge is 0.342 e. The Kier molecular flexibility index (Phi) is 6.79. The maximum atomic E-state index is 11.9. The summed E-state index contributed by atoms with van der Waals surface area (Å²) in [6, 6.07) is 19.2. The molecule has 1 aromatic heterocycles. The standard InChI is InChI=1S/C24H19N3O6S/c1-32-20-11-16(19(27(30)31)13-21(20)33-14-15-7-3-2-4-8-15)12-22(23(28)29)34-24-25-17-9-5-6-10-18(17)26-24/h2-13H,14H2,1H3,(H,25,26)(H,28,29)/b22-12-. The molecule has 0 atom stereocenters. The van der Waals surface area contributed by atoms with Crippen LogP contribution in [0.15, 0.2) is 76.8 Å². The van der Waals surface area contributed by atoms with Crippen molar-refractivity contribution in [2.45, 2.75) is 11.8 Å². The highest BCUT2D eigenvalue weighted by Gasteiger charge is 2.22. The number of rotatable bonds is 9. The lowest BCUT2D eigenvalue weighted by Gasteiger charge is -2.12. The van der Waals surface area contributed by atoms with Crippen LogP contribution in [0.3, 0.4) is 0 Å². The van der Waals surface area contributed by atoms with Crippen LogP contribution >= 0.6 is 11.8 Å². The fourth-order valence-corrected chi connectivity index (χ4v) is 3.99. The molecule has 34 heavy (non-hydrogen) atoms. The van der Waals surface area contributed by atoms with Gasteiger partial charge in [-0.05, 0) is 41.6 Å². The molecule has 0 bridgehead atoms. The number of ether oxygens (including phenoxy) is 2. The fourth-order valence-electron chi connectivity index (χ4n) is 3.20. The van der Waals surface area contributed by atoms with Crippen LogP contribution in [-0.2, 0) is 11.4 Å². The number of hydrogen-bond donors (Lipinski definition) is 2. The summed E-state index contributed by atoms with van der Waals surface area (Å²) in [6.07, 6.45) is 1.22. The highest BCUT2D eigenvalue weighted by molar-refractivity contribution is 8.04. The van der Waals surface area contributed by atoms with Crippen LogP contribution in [0.5, 0.6) is 11.5 Å². The average molecular weight is 477 g/mol. The Labute approximate surface area is 198 Å². The number of aromatic nitrogens is 2. The van der Waals surface area contributed by atoms with Crippen molar-refractivity contribution in [3.8, 4) is 11.5 Å². The lowest BCUT2D eigenvalue weighted by molar-refractivity contribution is -0.385. The van der Waals surface area contributed by atoms with E-state index in [1.54, 1.807) is 6.07 Å². The number of carboxylic acid groups (broad SMARTS) is 1. The molecule has 0 unspecified atom stereocenters. The summed E-state index contributed by atoms with van der Waals surface area (Å²) in [4.78, 5) is 30.4. The number of aliphatic carboxylic acids is 1. The first-order valence-corrected chi connectivity index (χ1v) is 10.9. The summed E-state index contributed by atoms with van der Waals surface area (Å²) in [5, 5.41) is 21.9. The lowest BCUT2D eigenvalue weighted by Crippen LogP contribution is -2.02. The van der Waals surface area contributed by atoms with E-state index in [0.717, 1.165) is 22.8 Å². The van der Waals surface area contributed by atoms with E-state index >= 15 is 0 Å². The second kappa shape index (κ2) is 10.1. The van der Waals surface area contributed by atoms with Gasteiger partial charge in [-0.2, -0.15) is 0 Å². The average Bonchev–Trinajstić information content (AvgIpc) is 3.25. The van der Waals surface area contributed by atoms with Crippen molar-refractivity contribution < 1.29 is 24.3 Å². The summed E-state index contributed by atoms with van der Waals surface area (Å²) in [5.41, 5.74) is 2.07. The predicted octanol–water partition coefficient (Wildman–Crippen LogP) is 5.28. The summed E-state index contributed by atoms with van der Waals surface area (Å²) in [5.74, 6) is -0.827. The van der Waals surface area contributed by atoms with Gasteiger partial charge in [0.25, 0.3) is 5.69 Å². The van der Waals surface area contributed by atoms with Gasteiger partial charge in [-0.15, -0.1) is 0 Å². The molecule has 0 saturated heterocycles. The minimum absolute atomic E-state index is 0.0647. The van der Waals surface area contributed by atoms with Gasteiger partial charge < -0.3 is 19.6 Å². The Balaban J connectivity index is 1.68. The minimum Gasteiger partial charge on any atom is -0.493 e. The molecule has 1 heterocycles. The molecule has 0 spiro atoms. The lowest BCUT2D eigenvalue weighted by atomic mass is 10.1. The van der Waals surface area contributed by atoms with Crippen molar-refractivity contribution in [3.63, 3.8) is 0 Å². The van der Waals surface area contributed by atoms with Gasteiger partial charge in [0.05, 0.1) is 34.7 Å². The van der Waals surface area contributed by atoms with Crippen molar-refractivity contribution in [2.75, 3.05) is 7.11 Å². The molecule has 10 heteroatoms. The maximum Gasteiger partial charge on any atom is 0.342 e. The molecule has 4 rings (SSSR count). The SMILES string of the molecule is COc1cc(/C=C(\Sc2nc3ccccc3[nH]2)C(=O)O)c([N+](=O)[O-])cc1OCc1ccccc1. The van der Waals surface area contributed by atoms with Crippen molar-refractivity contribution in [3.05, 3.63) is 92.9 Å². The van der Waals surface area contributed by atoms with Crippen LogP contribution in [0.2, 0.25) is 0 Å². The third-order valence-corrected chi connectivity index (χ3v) is 5.72. The molecule has 0 aliphatic carbocycles. The molecule has 0 aliphatic heterocycles. The topological polar surface area (TPSA) is 128 Å². The summed E-state index contributed by atoms with van der Waals surface area (Å²) >= 11 is 0.863. The van der Waals surface area contributed by atoms with E-state index in [1.807, 2.05) is 48.5 Å². The Hall–Kier alpha value is -4.31. The number of para-hydroxylation sites is 2. The molecular weight excluding hydrogens is 458 g/mol. The number of nitrogens with zero attached hydrogens (tertiary/aromatic N) is 2. The van der Waals surface area contributed by atoms with Crippen LogP contribution < -0.4 is 9.47 Å². The number of methoxy groups -OCH3 is 1. The zero-order chi connectivity index (χ0) is 24.1. The minimum atomic E-state index is -1.25. The molecule has 0 fully saturated rings. The Morgan fingerprint density at radius 1 is 1.15 bits per heavy atom. The highest BCUT2D eigenvalue weighted by atomic mass is 32.2. The van der Waals surface area contributed by atoms with E-state index in [2.05, 4.69) is 9.97 Å². The number of thioether (sulfide) groups is 1. The van der Waals surface area contributed by atoms with Gasteiger partial charge >= 0.3 is 5.97 Å². The maximum absolute atomic E-state index is 11.9. The zero-order valence-electron chi connectivity index (χ0n) is 17.9. The molecule has 172 valence electrons. The molecular formula is C24H19N3O6S. The first kappa shape index (κ1) is 22.9. The van der Waals surface area contributed by atoms with E-state index in [1.165, 1.54) is 25.3 Å². The number of imidazole rings is 1. The number of carboxylic acids is 1. The number of fused-ring (bicyclic) bond motifs is 1. The number of carbonyl (C=O) groups is 1. The normalized spacial score (nSPS) is 11.4. The van der Waals surface area contributed by atoms with E-state index in [-0.39, 0.29) is 34.3 Å². The first-order valence-electron chi connectivity index (χ1n) is 10.1. The van der Waals surface area contributed by atoms with Gasteiger partial charge in [0, 0.05) is 0 Å². The zero-order valence-corrected chi connectivity index (χ0v) is 18.7. The number of hydrogen-bond acceptors (Lipinski definition) is 7.